The standard InChI is InChI=1S/C18H23N3O3.ClH/c1-11-6-7-13-14(9-11)18(24)21(17(13)23)10-16(22)20-8-4-3-5-15(20)12(2)19;/h6-7,9,12,15H,3-5,8,10,19H2,1-2H3;1H. The second kappa shape index (κ2) is 7.54. The molecule has 2 N–H and O–H groups in total. The fourth-order valence-corrected chi connectivity index (χ4v) is 3.59. The van der Waals surface area contributed by atoms with Crippen LogP contribution in [0.2, 0.25) is 0 Å². The first-order valence-corrected chi connectivity index (χ1v) is 8.42. The van der Waals surface area contributed by atoms with E-state index in [2.05, 4.69) is 0 Å². The number of halogens is 1. The molecule has 2 unspecified atom stereocenters. The number of amides is 3. The number of carbonyl (C=O) groups excluding carboxylic acids is 3. The van der Waals surface area contributed by atoms with Crippen LogP contribution in [0.3, 0.4) is 0 Å². The molecular formula is C18H24ClN3O3. The zero-order chi connectivity index (χ0) is 17.4. The second-order valence-corrected chi connectivity index (χ2v) is 6.75. The SMILES string of the molecule is Cc1ccc2c(c1)C(=O)N(CC(=O)N1CCCCC1C(C)N)C2=O.Cl. The van der Waals surface area contributed by atoms with Crippen LogP contribution >= 0.6 is 12.4 Å². The zero-order valence-electron chi connectivity index (χ0n) is 14.5. The maximum Gasteiger partial charge on any atom is 0.262 e. The van der Waals surface area contributed by atoms with Gasteiger partial charge in [0.05, 0.1) is 11.1 Å². The molecule has 0 radical (unpaired) electrons. The maximum atomic E-state index is 12.7. The largest absolute Gasteiger partial charge is 0.337 e. The number of hydrogen-bond acceptors (Lipinski definition) is 4. The Hall–Kier alpha value is -1.92. The van der Waals surface area contributed by atoms with E-state index in [1.54, 1.807) is 23.1 Å². The summed E-state index contributed by atoms with van der Waals surface area (Å²) in [6.45, 7) is 4.18. The van der Waals surface area contributed by atoms with Crippen LogP contribution in [-0.4, -0.2) is 52.7 Å². The van der Waals surface area contributed by atoms with Gasteiger partial charge in [-0.25, -0.2) is 0 Å². The number of piperidine rings is 1. The van der Waals surface area contributed by atoms with E-state index >= 15 is 0 Å². The first-order chi connectivity index (χ1) is 11.4. The minimum Gasteiger partial charge on any atom is -0.337 e. The Morgan fingerprint density at radius 2 is 1.92 bits per heavy atom. The molecule has 7 heteroatoms. The second-order valence-electron chi connectivity index (χ2n) is 6.75. The minimum absolute atomic E-state index is 0. The van der Waals surface area contributed by atoms with Crippen LogP contribution in [0.25, 0.3) is 0 Å². The predicted octanol–water partition coefficient (Wildman–Crippen LogP) is 1.74. The zero-order valence-corrected chi connectivity index (χ0v) is 15.3. The Morgan fingerprint density at radius 1 is 1.24 bits per heavy atom. The van der Waals surface area contributed by atoms with E-state index < -0.39 is 5.91 Å². The van der Waals surface area contributed by atoms with Gasteiger partial charge in [0.1, 0.15) is 6.54 Å². The summed E-state index contributed by atoms with van der Waals surface area (Å²) in [4.78, 5) is 40.5. The average Bonchev–Trinajstić information content (AvgIpc) is 2.79. The lowest BCUT2D eigenvalue weighted by Crippen LogP contribution is -2.54. The van der Waals surface area contributed by atoms with Gasteiger partial charge in [0.15, 0.2) is 0 Å². The van der Waals surface area contributed by atoms with Crippen molar-refractivity contribution < 1.29 is 14.4 Å². The highest BCUT2D eigenvalue weighted by molar-refractivity contribution is 6.22. The number of rotatable bonds is 3. The van der Waals surface area contributed by atoms with Crippen LogP contribution in [-0.2, 0) is 4.79 Å². The van der Waals surface area contributed by atoms with Crippen molar-refractivity contribution in [2.45, 2.75) is 45.2 Å². The quantitative estimate of drug-likeness (QED) is 0.827. The van der Waals surface area contributed by atoms with Crippen LogP contribution in [0, 0.1) is 6.92 Å². The molecule has 1 aromatic rings. The van der Waals surface area contributed by atoms with Crippen LogP contribution in [0.4, 0.5) is 0 Å². The van der Waals surface area contributed by atoms with E-state index in [1.165, 1.54) is 0 Å². The summed E-state index contributed by atoms with van der Waals surface area (Å²) >= 11 is 0. The molecule has 3 amide bonds. The molecule has 136 valence electrons. The molecule has 2 aliphatic heterocycles. The number of likely N-dealkylation sites (tertiary alicyclic amines) is 1. The summed E-state index contributed by atoms with van der Waals surface area (Å²) in [7, 11) is 0. The molecular weight excluding hydrogens is 342 g/mol. The molecule has 2 atom stereocenters. The van der Waals surface area contributed by atoms with Gasteiger partial charge in [-0.3, -0.25) is 19.3 Å². The first-order valence-electron chi connectivity index (χ1n) is 8.42. The summed E-state index contributed by atoms with van der Waals surface area (Å²) in [6.07, 6.45) is 2.84. The lowest BCUT2D eigenvalue weighted by Gasteiger charge is -2.38. The highest BCUT2D eigenvalue weighted by Gasteiger charge is 2.38. The molecule has 0 saturated carbocycles. The van der Waals surface area contributed by atoms with Gasteiger partial charge in [0.25, 0.3) is 11.8 Å². The van der Waals surface area contributed by atoms with Crippen molar-refractivity contribution in [1.29, 1.82) is 0 Å². The average molecular weight is 366 g/mol. The van der Waals surface area contributed by atoms with Crippen LogP contribution in [0.5, 0.6) is 0 Å². The van der Waals surface area contributed by atoms with E-state index in [-0.39, 0.29) is 42.8 Å². The van der Waals surface area contributed by atoms with E-state index in [9.17, 15) is 14.4 Å². The summed E-state index contributed by atoms with van der Waals surface area (Å²) < 4.78 is 0. The number of aryl methyl sites for hydroxylation is 1. The third-order valence-electron chi connectivity index (χ3n) is 4.90. The maximum absolute atomic E-state index is 12.7. The van der Waals surface area contributed by atoms with Crippen molar-refractivity contribution in [2.75, 3.05) is 13.1 Å². The highest BCUT2D eigenvalue weighted by atomic mass is 35.5. The minimum atomic E-state index is -0.391. The Kier molecular flexibility index (Phi) is 5.85. The van der Waals surface area contributed by atoms with Crippen molar-refractivity contribution in [3.8, 4) is 0 Å². The fraction of sp³-hybridized carbons (Fsp3) is 0.500. The fourth-order valence-electron chi connectivity index (χ4n) is 3.59. The Labute approximate surface area is 153 Å². The van der Waals surface area contributed by atoms with E-state index in [0.717, 1.165) is 29.7 Å². The summed E-state index contributed by atoms with van der Waals surface area (Å²) in [5.41, 5.74) is 7.68. The molecule has 2 heterocycles. The molecule has 6 nitrogen and oxygen atoms in total. The van der Waals surface area contributed by atoms with Gasteiger partial charge in [-0.1, -0.05) is 11.6 Å². The van der Waals surface area contributed by atoms with Gasteiger partial charge in [0.2, 0.25) is 5.91 Å². The van der Waals surface area contributed by atoms with Crippen LogP contribution < -0.4 is 5.73 Å². The topological polar surface area (TPSA) is 83.7 Å². The van der Waals surface area contributed by atoms with Gasteiger partial charge < -0.3 is 10.6 Å². The number of imide groups is 1. The first kappa shape index (κ1) is 19.4. The van der Waals surface area contributed by atoms with E-state index in [4.69, 9.17) is 5.73 Å². The molecule has 0 bridgehead atoms. The van der Waals surface area contributed by atoms with Crippen molar-refractivity contribution in [1.82, 2.24) is 9.80 Å². The molecule has 0 aliphatic carbocycles. The molecule has 1 fully saturated rings. The molecule has 3 rings (SSSR count). The third-order valence-corrected chi connectivity index (χ3v) is 4.90. The van der Waals surface area contributed by atoms with E-state index in [0.29, 0.717) is 17.7 Å². The monoisotopic (exact) mass is 365 g/mol. The van der Waals surface area contributed by atoms with Crippen LogP contribution in [0.1, 0.15) is 52.5 Å². The Balaban J connectivity index is 0.00000225. The normalized spacial score (nSPS) is 21.0. The number of nitrogens with zero attached hydrogens (tertiary/aromatic N) is 2. The number of fused-ring (bicyclic) bond motifs is 1. The van der Waals surface area contributed by atoms with Crippen molar-refractivity contribution in [2.24, 2.45) is 5.73 Å². The Bertz CT molecular complexity index is 705. The molecule has 2 aliphatic rings. The van der Waals surface area contributed by atoms with Crippen LogP contribution in [0.15, 0.2) is 18.2 Å². The lowest BCUT2D eigenvalue weighted by atomic mass is 9.97. The van der Waals surface area contributed by atoms with Gasteiger partial charge in [0, 0.05) is 18.6 Å². The van der Waals surface area contributed by atoms with E-state index in [1.807, 2.05) is 13.8 Å². The number of hydrogen-bond donors (Lipinski definition) is 1. The molecule has 1 saturated heterocycles. The number of nitrogens with two attached hydrogens (primary N) is 1. The van der Waals surface area contributed by atoms with Gasteiger partial charge >= 0.3 is 0 Å². The lowest BCUT2D eigenvalue weighted by molar-refractivity contribution is -0.135. The molecule has 0 spiro atoms. The highest BCUT2D eigenvalue weighted by Crippen LogP contribution is 2.25. The summed E-state index contributed by atoms with van der Waals surface area (Å²) in [5.74, 6) is -0.984. The molecule has 0 aromatic heterocycles. The number of carbonyl (C=O) groups is 3. The third kappa shape index (κ3) is 3.55. The summed E-state index contributed by atoms with van der Waals surface area (Å²) in [5, 5.41) is 0. The molecule has 1 aromatic carbocycles. The van der Waals surface area contributed by atoms with Crippen molar-refractivity contribution in [3.63, 3.8) is 0 Å². The van der Waals surface area contributed by atoms with Gasteiger partial charge in [-0.15, -0.1) is 12.4 Å². The van der Waals surface area contributed by atoms with Gasteiger partial charge in [-0.2, -0.15) is 0 Å². The smallest absolute Gasteiger partial charge is 0.262 e. The number of benzene rings is 1. The predicted molar refractivity (Wildman–Crippen MR) is 96.8 cm³/mol. The van der Waals surface area contributed by atoms with Crippen molar-refractivity contribution >= 4 is 30.1 Å². The summed E-state index contributed by atoms with van der Waals surface area (Å²) in [6, 6.07) is 5.00. The molecule has 25 heavy (non-hydrogen) atoms. The van der Waals surface area contributed by atoms with Crippen molar-refractivity contribution in [3.05, 3.63) is 34.9 Å². The van der Waals surface area contributed by atoms with Gasteiger partial charge in [-0.05, 0) is 45.2 Å². The Morgan fingerprint density at radius 3 is 2.60 bits per heavy atom.